The summed E-state index contributed by atoms with van der Waals surface area (Å²) >= 11 is 6.78. The summed E-state index contributed by atoms with van der Waals surface area (Å²) in [5.74, 6) is -0.760. The Morgan fingerprint density at radius 2 is 1.55 bits per heavy atom. The normalized spacial score (nSPS) is 11.1. The minimum atomic E-state index is -0.411. The lowest BCUT2D eigenvalue weighted by molar-refractivity contribution is -0.113. The lowest BCUT2D eigenvalue weighted by Gasteiger charge is -2.12. The summed E-state index contributed by atoms with van der Waals surface area (Å²) in [6, 6.07) is 21.9. The summed E-state index contributed by atoms with van der Waals surface area (Å²) in [6.07, 6.45) is 1.64. The van der Waals surface area contributed by atoms with E-state index in [1.165, 1.54) is 0 Å². The number of benzene rings is 3. The third kappa shape index (κ3) is 6.14. The molecule has 0 spiro atoms. The molecule has 2 amide bonds. The lowest BCUT2D eigenvalue weighted by atomic mass is 10.1. The Kier molecular flexibility index (Phi) is 7.01. The second kappa shape index (κ2) is 9.67. The van der Waals surface area contributed by atoms with Gasteiger partial charge < -0.3 is 10.6 Å². The second-order valence-corrected chi connectivity index (χ2v) is 8.23. The molecule has 0 fully saturated rings. The van der Waals surface area contributed by atoms with Gasteiger partial charge in [0.15, 0.2) is 0 Å². The fourth-order valence-corrected chi connectivity index (χ4v) is 3.21. The van der Waals surface area contributed by atoms with Gasteiger partial charge in [0.25, 0.3) is 11.8 Å². The van der Waals surface area contributed by atoms with E-state index in [2.05, 4.69) is 42.5 Å². The average Bonchev–Trinajstić information content (AvgIpc) is 2.69. The number of halogens is 2. The van der Waals surface area contributed by atoms with Gasteiger partial charge in [-0.25, -0.2) is 0 Å². The molecule has 3 aromatic carbocycles. The largest absolute Gasteiger partial charge is 0.321 e. The van der Waals surface area contributed by atoms with E-state index in [0.717, 1.165) is 20.1 Å². The SMILES string of the molecule is Cc1ccc(C(=O)NC(=Cc2ccc(Br)cc2)C(=O)Nc2cccc(Br)c2)cc1. The maximum Gasteiger partial charge on any atom is 0.272 e. The van der Waals surface area contributed by atoms with Crippen LogP contribution in [-0.4, -0.2) is 11.8 Å². The van der Waals surface area contributed by atoms with Crippen molar-refractivity contribution < 1.29 is 9.59 Å². The Balaban J connectivity index is 1.88. The molecule has 0 unspecified atom stereocenters. The van der Waals surface area contributed by atoms with Crippen molar-refractivity contribution in [2.24, 2.45) is 0 Å². The van der Waals surface area contributed by atoms with Crippen molar-refractivity contribution in [3.05, 3.63) is 104 Å². The first-order chi connectivity index (χ1) is 13.9. The molecular weight excluding hydrogens is 496 g/mol. The van der Waals surface area contributed by atoms with Crippen LogP contribution in [0.1, 0.15) is 21.5 Å². The highest BCUT2D eigenvalue weighted by atomic mass is 79.9. The highest BCUT2D eigenvalue weighted by Crippen LogP contribution is 2.18. The topological polar surface area (TPSA) is 58.2 Å². The molecule has 0 atom stereocenters. The zero-order valence-electron chi connectivity index (χ0n) is 15.6. The molecule has 3 rings (SSSR count). The Hall–Kier alpha value is -2.70. The van der Waals surface area contributed by atoms with Gasteiger partial charge in [-0.2, -0.15) is 0 Å². The highest BCUT2D eigenvalue weighted by Gasteiger charge is 2.15. The van der Waals surface area contributed by atoms with E-state index in [-0.39, 0.29) is 11.6 Å². The monoisotopic (exact) mass is 512 g/mol. The lowest BCUT2D eigenvalue weighted by Crippen LogP contribution is -2.30. The van der Waals surface area contributed by atoms with Crippen LogP contribution in [-0.2, 0) is 4.79 Å². The van der Waals surface area contributed by atoms with Crippen molar-refractivity contribution in [2.75, 3.05) is 5.32 Å². The van der Waals surface area contributed by atoms with E-state index >= 15 is 0 Å². The van der Waals surface area contributed by atoms with E-state index in [9.17, 15) is 9.59 Å². The third-order valence-corrected chi connectivity index (χ3v) is 5.09. The Morgan fingerprint density at radius 1 is 0.862 bits per heavy atom. The van der Waals surface area contributed by atoms with E-state index in [4.69, 9.17) is 0 Å². The maximum atomic E-state index is 12.9. The van der Waals surface area contributed by atoms with Crippen LogP contribution in [0.5, 0.6) is 0 Å². The van der Waals surface area contributed by atoms with E-state index < -0.39 is 5.91 Å². The number of carbonyl (C=O) groups is 2. The summed E-state index contributed by atoms with van der Waals surface area (Å²) in [7, 11) is 0. The second-order valence-electron chi connectivity index (χ2n) is 6.39. The van der Waals surface area contributed by atoms with Crippen molar-refractivity contribution in [3.8, 4) is 0 Å². The van der Waals surface area contributed by atoms with Crippen LogP contribution in [0, 0.1) is 6.92 Å². The standard InChI is InChI=1S/C23H18Br2N2O2/c1-15-5-9-17(10-6-15)22(28)27-21(13-16-7-11-18(24)12-8-16)23(29)26-20-4-2-3-19(25)14-20/h2-14H,1H3,(H,26,29)(H,27,28). The number of carbonyl (C=O) groups excluding carboxylic acids is 2. The molecule has 3 aromatic rings. The fourth-order valence-electron chi connectivity index (χ4n) is 2.55. The predicted molar refractivity (Wildman–Crippen MR) is 124 cm³/mol. The molecule has 2 N–H and O–H groups in total. The first-order valence-corrected chi connectivity index (χ1v) is 10.4. The van der Waals surface area contributed by atoms with Crippen LogP contribution in [0.2, 0.25) is 0 Å². The van der Waals surface area contributed by atoms with Gasteiger partial charge in [-0.1, -0.05) is 67.8 Å². The molecule has 4 nitrogen and oxygen atoms in total. The highest BCUT2D eigenvalue weighted by molar-refractivity contribution is 9.10. The summed E-state index contributed by atoms with van der Waals surface area (Å²) in [4.78, 5) is 25.6. The van der Waals surface area contributed by atoms with Crippen molar-refractivity contribution in [3.63, 3.8) is 0 Å². The predicted octanol–water partition coefficient (Wildman–Crippen LogP) is 5.93. The quantitative estimate of drug-likeness (QED) is 0.415. The number of amides is 2. The smallest absolute Gasteiger partial charge is 0.272 e. The Labute approximate surface area is 186 Å². The summed E-state index contributed by atoms with van der Waals surface area (Å²) < 4.78 is 1.77. The van der Waals surface area contributed by atoms with E-state index in [0.29, 0.717) is 11.3 Å². The van der Waals surface area contributed by atoms with Gasteiger partial charge in [0, 0.05) is 20.2 Å². The van der Waals surface area contributed by atoms with Gasteiger partial charge in [-0.15, -0.1) is 0 Å². The molecule has 0 heterocycles. The Bertz CT molecular complexity index is 1060. The maximum absolute atomic E-state index is 12.9. The van der Waals surface area contributed by atoms with Crippen molar-refractivity contribution >= 4 is 55.4 Å². The van der Waals surface area contributed by atoms with Gasteiger partial charge in [0.05, 0.1) is 0 Å². The number of nitrogens with one attached hydrogen (secondary N) is 2. The van der Waals surface area contributed by atoms with Crippen LogP contribution in [0.3, 0.4) is 0 Å². The van der Waals surface area contributed by atoms with E-state index in [1.54, 1.807) is 30.3 Å². The van der Waals surface area contributed by atoms with Gasteiger partial charge in [0.2, 0.25) is 0 Å². The Morgan fingerprint density at radius 3 is 2.21 bits per heavy atom. The van der Waals surface area contributed by atoms with Crippen LogP contribution in [0.4, 0.5) is 5.69 Å². The molecular formula is C23H18Br2N2O2. The number of hydrogen-bond donors (Lipinski definition) is 2. The van der Waals surface area contributed by atoms with Crippen molar-refractivity contribution in [1.82, 2.24) is 5.32 Å². The fraction of sp³-hybridized carbons (Fsp3) is 0.0435. The molecule has 0 bridgehead atoms. The van der Waals surface area contributed by atoms with Gasteiger partial charge in [-0.05, 0) is 61.0 Å². The summed E-state index contributed by atoms with van der Waals surface area (Å²) in [6.45, 7) is 1.95. The number of hydrogen-bond acceptors (Lipinski definition) is 2. The molecule has 0 aliphatic heterocycles. The molecule has 0 aliphatic carbocycles. The first kappa shape index (κ1) is 21.0. The van der Waals surface area contributed by atoms with Crippen molar-refractivity contribution in [2.45, 2.75) is 6.92 Å². The van der Waals surface area contributed by atoms with Gasteiger partial charge in [-0.3, -0.25) is 9.59 Å². The summed E-state index contributed by atoms with van der Waals surface area (Å²) in [5, 5.41) is 5.56. The van der Waals surface area contributed by atoms with Crippen LogP contribution in [0.15, 0.2) is 87.4 Å². The number of rotatable bonds is 5. The first-order valence-electron chi connectivity index (χ1n) is 8.83. The summed E-state index contributed by atoms with van der Waals surface area (Å²) in [5.41, 5.74) is 3.09. The van der Waals surface area contributed by atoms with Crippen LogP contribution in [0.25, 0.3) is 6.08 Å². The zero-order valence-corrected chi connectivity index (χ0v) is 18.7. The third-order valence-electron chi connectivity index (χ3n) is 4.07. The van der Waals surface area contributed by atoms with Gasteiger partial charge in [0.1, 0.15) is 5.70 Å². The molecule has 6 heteroatoms. The number of aryl methyl sites for hydroxylation is 1. The molecule has 0 radical (unpaired) electrons. The number of anilines is 1. The molecule has 29 heavy (non-hydrogen) atoms. The molecule has 146 valence electrons. The van der Waals surface area contributed by atoms with Crippen molar-refractivity contribution in [1.29, 1.82) is 0 Å². The molecule has 0 saturated carbocycles. The minimum Gasteiger partial charge on any atom is -0.321 e. The van der Waals surface area contributed by atoms with E-state index in [1.807, 2.05) is 55.5 Å². The van der Waals surface area contributed by atoms with Crippen LogP contribution >= 0.6 is 31.9 Å². The molecule has 0 aliphatic rings. The van der Waals surface area contributed by atoms with Crippen LogP contribution < -0.4 is 10.6 Å². The molecule has 0 aromatic heterocycles. The average molecular weight is 514 g/mol. The minimum absolute atomic E-state index is 0.151. The van der Waals surface area contributed by atoms with Gasteiger partial charge >= 0.3 is 0 Å². The zero-order chi connectivity index (χ0) is 20.8. The molecule has 0 saturated heterocycles.